The van der Waals surface area contributed by atoms with Crippen LogP contribution in [0.25, 0.3) is 0 Å². The summed E-state index contributed by atoms with van der Waals surface area (Å²) in [6.07, 6.45) is -0.0401. The summed E-state index contributed by atoms with van der Waals surface area (Å²) in [5.74, 6) is 0. The fourth-order valence-corrected chi connectivity index (χ4v) is 1.62. The Bertz CT molecular complexity index is 145. The second-order valence-electron chi connectivity index (χ2n) is 4.40. The van der Waals surface area contributed by atoms with Gasteiger partial charge in [0.05, 0.1) is 12.2 Å². The first-order valence-electron chi connectivity index (χ1n) is 6.26. The molecule has 0 saturated carbocycles. The fourth-order valence-electron chi connectivity index (χ4n) is 1.62. The molecule has 0 amide bonds. The molecule has 0 fully saturated rings. The SMILES string of the molecule is CCCCC(O)C(O)C(O)C(O)CCCC. The molecule has 0 aliphatic carbocycles. The van der Waals surface area contributed by atoms with E-state index >= 15 is 0 Å². The van der Waals surface area contributed by atoms with Gasteiger partial charge in [-0.2, -0.15) is 0 Å². The van der Waals surface area contributed by atoms with Gasteiger partial charge < -0.3 is 20.4 Å². The van der Waals surface area contributed by atoms with Crippen molar-refractivity contribution in [3.8, 4) is 0 Å². The van der Waals surface area contributed by atoms with Crippen LogP contribution in [0, 0.1) is 0 Å². The summed E-state index contributed by atoms with van der Waals surface area (Å²) in [5, 5.41) is 38.4. The second kappa shape index (κ2) is 8.93. The van der Waals surface area contributed by atoms with E-state index in [9.17, 15) is 20.4 Å². The van der Waals surface area contributed by atoms with E-state index in [4.69, 9.17) is 0 Å². The Morgan fingerprint density at radius 1 is 0.688 bits per heavy atom. The first-order valence-corrected chi connectivity index (χ1v) is 6.26. The molecule has 0 heterocycles. The van der Waals surface area contributed by atoms with Gasteiger partial charge in [-0.15, -0.1) is 0 Å². The molecule has 4 nitrogen and oxygen atoms in total. The van der Waals surface area contributed by atoms with Gasteiger partial charge in [0.2, 0.25) is 0 Å². The third-order valence-electron chi connectivity index (χ3n) is 2.85. The first kappa shape index (κ1) is 15.8. The van der Waals surface area contributed by atoms with E-state index in [1.165, 1.54) is 0 Å². The molecule has 0 radical (unpaired) electrons. The van der Waals surface area contributed by atoms with Crippen molar-refractivity contribution in [1.82, 2.24) is 0 Å². The van der Waals surface area contributed by atoms with E-state index < -0.39 is 24.4 Å². The van der Waals surface area contributed by atoms with E-state index in [-0.39, 0.29) is 0 Å². The molecule has 0 saturated heterocycles. The Morgan fingerprint density at radius 3 is 1.25 bits per heavy atom. The quantitative estimate of drug-likeness (QED) is 0.476. The van der Waals surface area contributed by atoms with Crippen molar-refractivity contribution in [3.63, 3.8) is 0 Å². The number of aliphatic hydroxyl groups is 4. The predicted octanol–water partition coefficient (Wildman–Crippen LogP) is 0.810. The largest absolute Gasteiger partial charge is 0.390 e. The van der Waals surface area contributed by atoms with Gasteiger partial charge >= 0.3 is 0 Å². The molecule has 4 atom stereocenters. The minimum Gasteiger partial charge on any atom is -0.390 e. The van der Waals surface area contributed by atoms with Gasteiger partial charge in [-0.25, -0.2) is 0 Å². The topological polar surface area (TPSA) is 80.9 Å². The van der Waals surface area contributed by atoms with Crippen LogP contribution in [0.3, 0.4) is 0 Å². The van der Waals surface area contributed by atoms with Crippen LogP contribution in [-0.4, -0.2) is 44.8 Å². The summed E-state index contributed by atoms with van der Waals surface area (Å²) in [6.45, 7) is 3.98. The van der Waals surface area contributed by atoms with Crippen LogP contribution in [0.5, 0.6) is 0 Å². The molecule has 0 spiro atoms. The van der Waals surface area contributed by atoms with Crippen molar-refractivity contribution < 1.29 is 20.4 Å². The lowest BCUT2D eigenvalue weighted by atomic mass is 9.96. The molecule has 16 heavy (non-hydrogen) atoms. The van der Waals surface area contributed by atoms with Crippen LogP contribution in [0.15, 0.2) is 0 Å². The maximum absolute atomic E-state index is 9.62. The number of rotatable bonds is 9. The zero-order chi connectivity index (χ0) is 12.6. The van der Waals surface area contributed by atoms with E-state index in [0.29, 0.717) is 12.8 Å². The smallest absolute Gasteiger partial charge is 0.108 e. The van der Waals surface area contributed by atoms with Crippen molar-refractivity contribution in [2.45, 2.75) is 76.8 Å². The molecule has 0 rings (SSSR count). The van der Waals surface area contributed by atoms with Crippen LogP contribution >= 0.6 is 0 Å². The van der Waals surface area contributed by atoms with Crippen molar-refractivity contribution in [3.05, 3.63) is 0 Å². The van der Waals surface area contributed by atoms with Gasteiger partial charge in [-0.05, 0) is 12.8 Å². The van der Waals surface area contributed by atoms with Crippen LogP contribution in [0.2, 0.25) is 0 Å². The molecular weight excluding hydrogens is 208 g/mol. The third-order valence-corrected chi connectivity index (χ3v) is 2.85. The van der Waals surface area contributed by atoms with Gasteiger partial charge in [-0.1, -0.05) is 39.5 Å². The molecule has 0 aromatic rings. The molecule has 0 aromatic carbocycles. The van der Waals surface area contributed by atoms with E-state index in [0.717, 1.165) is 25.7 Å². The van der Waals surface area contributed by atoms with Crippen LogP contribution in [0.4, 0.5) is 0 Å². The Labute approximate surface area is 97.9 Å². The summed E-state index contributed by atoms with van der Waals surface area (Å²) < 4.78 is 0. The Balaban J connectivity index is 3.98. The monoisotopic (exact) mass is 234 g/mol. The van der Waals surface area contributed by atoms with Crippen molar-refractivity contribution in [2.24, 2.45) is 0 Å². The third kappa shape index (κ3) is 5.80. The molecule has 0 aliphatic heterocycles. The van der Waals surface area contributed by atoms with Crippen molar-refractivity contribution in [1.29, 1.82) is 0 Å². The zero-order valence-electron chi connectivity index (χ0n) is 10.3. The van der Waals surface area contributed by atoms with Gasteiger partial charge in [0.15, 0.2) is 0 Å². The normalized spacial score (nSPS) is 19.1. The fraction of sp³-hybridized carbons (Fsp3) is 1.00. The highest BCUT2D eigenvalue weighted by atomic mass is 16.4. The molecule has 98 valence electrons. The minimum absolute atomic E-state index is 0.454. The van der Waals surface area contributed by atoms with Crippen molar-refractivity contribution >= 4 is 0 Å². The summed E-state index contributed by atoms with van der Waals surface area (Å²) in [6, 6.07) is 0. The zero-order valence-corrected chi connectivity index (χ0v) is 10.3. The summed E-state index contributed by atoms with van der Waals surface area (Å²) in [5.41, 5.74) is 0. The maximum atomic E-state index is 9.62. The molecule has 0 aromatic heterocycles. The lowest BCUT2D eigenvalue weighted by molar-refractivity contribution is -0.108. The number of hydrogen-bond donors (Lipinski definition) is 4. The predicted molar refractivity (Wildman–Crippen MR) is 63.1 cm³/mol. The number of unbranched alkanes of at least 4 members (excludes halogenated alkanes) is 2. The highest BCUT2D eigenvalue weighted by molar-refractivity contribution is 4.80. The molecule has 0 aliphatic rings. The summed E-state index contributed by atoms with van der Waals surface area (Å²) in [4.78, 5) is 0. The number of hydrogen-bond acceptors (Lipinski definition) is 4. The summed E-state index contributed by atoms with van der Waals surface area (Å²) >= 11 is 0. The van der Waals surface area contributed by atoms with E-state index in [1.54, 1.807) is 0 Å². The lowest BCUT2D eigenvalue weighted by Crippen LogP contribution is -2.44. The van der Waals surface area contributed by atoms with Gasteiger partial charge in [0, 0.05) is 0 Å². The highest BCUT2D eigenvalue weighted by Gasteiger charge is 2.29. The van der Waals surface area contributed by atoms with Crippen LogP contribution in [-0.2, 0) is 0 Å². The second-order valence-corrected chi connectivity index (χ2v) is 4.40. The van der Waals surface area contributed by atoms with Gasteiger partial charge in [-0.3, -0.25) is 0 Å². The Morgan fingerprint density at radius 2 is 1.00 bits per heavy atom. The van der Waals surface area contributed by atoms with E-state index in [2.05, 4.69) is 0 Å². The highest BCUT2D eigenvalue weighted by Crippen LogP contribution is 2.13. The first-order chi connectivity index (χ1) is 7.54. The number of aliphatic hydroxyl groups excluding tert-OH is 4. The van der Waals surface area contributed by atoms with Crippen LogP contribution < -0.4 is 0 Å². The summed E-state index contributed by atoms with van der Waals surface area (Å²) in [7, 11) is 0. The standard InChI is InChI=1S/C12H26O4/c1-3-5-7-9(13)11(15)12(16)10(14)8-6-4-2/h9-16H,3-8H2,1-2H3. The van der Waals surface area contributed by atoms with Crippen LogP contribution in [0.1, 0.15) is 52.4 Å². The molecule has 4 unspecified atom stereocenters. The average Bonchev–Trinajstić information content (AvgIpc) is 2.30. The van der Waals surface area contributed by atoms with Gasteiger partial charge in [0.1, 0.15) is 12.2 Å². The Kier molecular flexibility index (Phi) is 8.84. The Hall–Kier alpha value is -0.160. The van der Waals surface area contributed by atoms with E-state index in [1.807, 2.05) is 13.8 Å². The van der Waals surface area contributed by atoms with Gasteiger partial charge in [0.25, 0.3) is 0 Å². The molecular formula is C12H26O4. The molecule has 4 N–H and O–H groups in total. The lowest BCUT2D eigenvalue weighted by Gasteiger charge is -2.26. The maximum Gasteiger partial charge on any atom is 0.108 e. The van der Waals surface area contributed by atoms with Crippen molar-refractivity contribution in [2.75, 3.05) is 0 Å². The average molecular weight is 234 g/mol. The molecule has 0 bridgehead atoms. The minimum atomic E-state index is -1.25. The molecule has 4 heteroatoms.